The molecule has 2 amide bonds. The first-order valence-electron chi connectivity index (χ1n) is 8.54. The Morgan fingerprint density at radius 3 is 2.81 bits per heavy atom. The van der Waals surface area contributed by atoms with Crippen LogP contribution >= 0.6 is 11.3 Å². The van der Waals surface area contributed by atoms with Gasteiger partial charge in [0.2, 0.25) is 0 Å². The molecule has 2 heterocycles. The van der Waals surface area contributed by atoms with Crippen molar-refractivity contribution >= 4 is 28.2 Å². The molecule has 4 rings (SSSR count). The second kappa shape index (κ2) is 6.88. The van der Waals surface area contributed by atoms with Gasteiger partial charge in [-0.25, -0.2) is 0 Å². The van der Waals surface area contributed by atoms with Crippen LogP contribution in [0.3, 0.4) is 0 Å². The van der Waals surface area contributed by atoms with Crippen molar-refractivity contribution < 1.29 is 19.2 Å². The fourth-order valence-corrected chi connectivity index (χ4v) is 4.55. The number of carbonyl (C=O) groups excluding carboxylic acids is 2. The molecule has 0 unspecified atom stereocenters. The molecule has 0 atom stereocenters. The summed E-state index contributed by atoms with van der Waals surface area (Å²) >= 11 is 1.39. The first kappa shape index (κ1) is 17.3. The number of nitrogens with two attached hydrogens (primary N) is 1. The van der Waals surface area contributed by atoms with Gasteiger partial charge in [-0.3, -0.25) is 9.59 Å². The van der Waals surface area contributed by atoms with Crippen LogP contribution in [-0.2, 0) is 12.8 Å². The first-order valence-corrected chi connectivity index (χ1v) is 9.36. The molecule has 0 bridgehead atoms. The highest BCUT2D eigenvalue weighted by Gasteiger charge is 2.26. The number of fused-ring (bicyclic) bond motifs is 1. The maximum Gasteiger partial charge on any atom is 0.278 e. The number of amides is 2. The highest BCUT2D eigenvalue weighted by Crippen LogP contribution is 2.38. The van der Waals surface area contributed by atoms with Crippen molar-refractivity contribution in [2.75, 3.05) is 5.32 Å². The fourth-order valence-electron chi connectivity index (χ4n) is 3.26. The summed E-state index contributed by atoms with van der Waals surface area (Å²) in [6, 6.07) is 7.95. The van der Waals surface area contributed by atoms with Crippen LogP contribution in [0.2, 0.25) is 0 Å². The number of hydrogen-bond donors (Lipinski definition) is 3. The minimum Gasteiger partial charge on any atom is -0.508 e. The van der Waals surface area contributed by atoms with Gasteiger partial charge in [0, 0.05) is 16.5 Å². The van der Waals surface area contributed by atoms with Crippen LogP contribution in [0.4, 0.5) is 5.00 Å². The summed E-state index contributed by atoms with van der Waals surface area (Å²) < 4.78 is 5.21. The summed E-state index contributed by atoms with van der Waals surface area (Å²) in [7, 11) is 0. The molecular weight excluding hydrogens is 366 g/mol. The average Bonchev–Trinajstić information content (AvgIpc) is 3.26. The maximum atomic E-state index is 12.6. The molecule has 27 heavy (non-hydrogen) atoms. The summed E-state index contributed by atoms with van der Waals surface area (Å²) in [4.78, 5) is 25.6. The number of aryl methyl sites for hydroxylation is 1. The lowest BCUT2D eigenvalue weighted by molar-refractivity contribution is 0.100. The molecule has 0 saturated carbocycles. The predicted molar refractivity (Wildman–Crippen MR) is 101 cm³/mol. The first-order chi connectivity index (χ1) is 13.0. The molecule has 0 fully saturated rings. The Balaban J connectivity index is 1.60. The van der Waals surface area contributed by atoms with Gasteiger partial charge in [0.15, 0.2) is 11.5 Å². The minimum absolute atomic E-state index is 0.0788. The van der Waals surface area contributed by atoms with Crippen molar-refractivity contribution in [3.8, 4) is 17.1 Å². The van der Waals surface area contributed by atoms with Crippen LogP contribution in [0, 0.1) is 0 Å². The van der Waals surface area contributed by atoms with E-state index in [-0.39, 0.29) is 11.4 Å². The van der Waals surface area contributed by atoms with Gasteiger partial charge < -0.3 is 20.7 Å². The van der Waals surface area contributed by atoms with Gasteiger partial charge in [-0.2, -0.15) is 0 Å². The number of thiophene rings is 1. The van der Waals surface area contributed by atoms with E-state index < -0.39 is 11.8 Å². The van der Waals surface area contributed by atoms with E-state index in [2.05, 4.69) is 10.5 Å². The van der Waals surface area contributed by atoms with Gasteiger partial charge in [-0.15, -0.1) is 11.3 Å². The number of nitrogens with zero attached hydrogens (tertiary/aromatic N) is 1. The van der Waals surface area contributed by atoms with Crippen molar-refractivity contribution in [2.24, 2.45) is 5.73 Å². The Morgan fingerprint density at radius 1 is 1.22 bits per heavy atom. The van der Waals surface area contributed by atoms with E-state index in [9.17, 15) is 14.7 Å². The molecule has 3 aromatic rings. The lowest BCUT2D eigenvalue weighted by Crippen LogP contribution is -2.18. The normalized spacial score (nSPS) is 13.2. The number of primary amides is 1. The van der Waals surface area contributed by atoms with Crippen LogP contribution in [0.1, 0.15) is 44.1 Å². The standard InChI is InChI=1S/C19H17N3O4S/c20-17(24)16-12-6-1-2-7-15(12)27-19(16)21-18(25)13-9-14(26-22-13)10-4-3-5-11(23)8-10/h3-5,8-9,23H,1-2,6-7H2,(H2,20,24)(H,21,25). The zero-order valence-electron chi connectivity index (χ0n) is 14.3. The number of carbonyl (C=O) groups is 2. The Morgan fingerprint density at radius 2 is 2.04 bits per heavy atom. The third-order valence-corrected chi connectivity index (χ3v) is 5.73. The second-order valence-electron chi connectivity index (χ2n) is 6.36. The number of phenols is 1. The van der Waals surface area contributed by atoms with Gasteiger partial charge in [0.1, 0.15) is 10.8 Å². The van der Waals surface area contributed by atoms with E-state index in [4.69, 9.17) is 10.3 Å². The quantitative estimate of drug-likeness (QED) is 0.638. The van der Waals surface area contributed by atoms with Gasteiger partial charge in [0.25, 0.3) is 11.8 Å². The maximum absolute atomic E-state index is 12.6. The van der Waals surface area contributed by atoms with Gasteiger partial charge >= 0.3 is 0 Å². The molecule has 0 spiro atoms. The zero-order chi connectivity index (χ0) is 19.0. The molecule has 1 aliphatic rings. The number of aromatic hydroxyl groups is 1. The molecule has 8 heteroatoms. The lowest BCUT2D eigenvalue weighted by atomic mass is 9.95. The number of benzene rings is 1. The van der Waals surface area contributed by atoms with Crippen LogP contribution in [0.5, 0.6) is 5.75 Å². The SMILES string of the molecule is NC(=O)c1c(NC(=O)c2cc(-c3cccc(O)c3)on2)sc2c1CCCC2. The number of anilines is 1. The molecule has 0 aliphatic heterocycles. The number of nitrogens with one attached hydrogen (secondary N) is 1. The highest BCUT2D eigenvalue weighted by molar-refractivity contribution is 7.17. The Hall–Kier alpha value is -3.13. The van der Waals surface area contributed by atoms with E-state index >= 15 is 0 Å². The monoisotopic (exact) mass is 383 g/mol. The molecule has 2 aromatic heterocycles. The summed E-state index contributed by atoms with van der Waals surface area (Å²) in [6.07, 6.45) is 3.76. The molecule has 138 valence electrons. The molecule has 1 aromatic carbocycles. The van der Waals surface area contributed by atoms with E-state index in [1.165, 1.54) is 29.5 Å². The van der Waals surface area contributed by atoms with Crippen LogP contribution in [0.15, 0.2) is 34.9 Å². The smallest absolute Gasteiger partial charge is 0.278 e. The van der Waals surface area contributed by atoms with Crippen molar-refractivity contribution in [1.82, 2.24) is 5.16 Å². The average molecular weight is 383 g/mol. The summed E-state index contributed by atoms with van der Waals surface area (Å²) in [6.45, 7) is 0. The van der Waals surface area contributed by atoms with E-state index in [1.807, 2.05) is 0 Å². The highest BCUT2D eigenvalue weighted by atomic mass is 32.1. The van der Waals surface area contributed by atoms with Crippen molar-refractivity contribution in [3.05, 3.63) is 52.0 Å². The largest absolute Gasteiger partial charge is 0.508 e. The molecule has 0 radical (unpaired) electrons. The molecular formula is C19H17N3O4S. The molecule has 4 N–H and O–H groups in total. The van der Waals surface area contributed by atoms with Crippen LogP contribution in [0.25, 0.3) is 11.3 Å². The van der Waals surface area contributed by atoms with E-state index in [0.717, 1.165) is 36.1 Å². The molecule has 7 nitrogen and oxygen atoms in total. The third-order valence-electron chi connectivity index (χ3n) is 4.52. The van der Waals surface area contributed by atoms with Crippen molar-refractivity contribution in [2.45, 2.75) is 25.7 Å². The minimum atomic E-state index is -0.537. The molecule has 1 aliphatic carbocycles. The van der Waals surface area contributed by atoms with Gasteiger partial charge in [-0.1, -0.05) is 17.3 Å². The van der Waals surface area contributed by atoms with Crippen molar-refractivity contribution in [1.29, 1.82) is 0 Å². The predicted octanol–water partition coefficient (Wildman–Crippen LogP) is 3.34. The number of hydrogen-bond acceptors (Lipinski definition) is 6. The van der Waals surface area contributed by atoms with Crippen molar-refractivity contribution in [3.63, 3.8) is 0 Å². The zero-order valence-corrected chi connectivity index (χ0v) is 15.1. The topological polar surface area (TPSA) is 118 Å². The lowest BCUT2D eigenvalue weighted by Gasteiger charge is -2.11. The van der Waals surface area contributed by atoms with E-state index in [0.29, 0.717) is 21.9 Å². The van der Waals surface area contributed by atoms with Crippen LogP contribution < -0.4 is 11.1 Å². The third kappa shape index (κ3) is 3.31. The van der Waals surface area contributed by atoms with E-state index in [1.54, 1.807) is 12.1 Å². The van der Waals surface area contributed by atoms with Crippen LogP contribution in [-0.4, -0.2) is 22.1 Å². The number of aromatic nitrogens is 1. The Labute approximate surface area is 158 Å². The number of phenolic OH excluding ortho intramolecular Hbond substituents is 1. The summed E-state index contributed by atoms with van der Waals surface area (Å²) in [5.74, 6) is -0.571. The Kier molecular flexibility index (Phi) is 4.41. The fraction of sp³-hybridized carbons (Fsp3) is 0.211. The van der Waals surface area contributed by atoms with Gasteiger partial charge in [-0.05, 0) is 43.4 Å². The van der Waals surface area contributed by atoms with Gasteiger partial charge in [0.05, 0.1) is 5.56 Å². The second-order valence-corrected chi connectivity index (χ2v) is 7.47. The summed E-state index contributed by atoms with van der Waals surface area (Å²) in [5.41, 5.74) is 7.59. The Bertz CT molecular complexity index is 1040. The molecule has 0 saturated heterocycles. The summed E-state index contributed by atoms with van der Waals surface area (Å²) in [5, 5.41) is 16.6. The number of rotatable bonds is 4.